The van der Waals surface area contributed by atoms with Crippen molar-refractivity contribution in [2.75, 3.05) is 6.16 Å². The van der Waals surface area contributed by atoms with Crippen LogP contribution >= 0.6 is 42.7 Å². The number of hydrogen-bond acceptors (Lipinski definition) is 0. The summed E-state index contributed by atoms with van der Waals surface area (Å²) in [5.74, 6) is 5.52. The molecule has 0 radical (unpaired) electrons. The second kappa shape index (κ2) is 5.38. The summed E-state index contributed by atoms with van der Waals surface area (Å²) in [5.41, 5.74) is 0. The van der Waals surface area contributed by atoms with Crippen molar-refractivity contribution in [2.45, 2.75) is 41.8 Å². The highest BCUT2D eigenvalue weighted by atomic mass is 35.6. The van der Waals surface area contributed by atoms with Gasteiger partial charge in [0.2, 0.25) is 0 Å². The minimum atomic E-state index is -1.31. The molecule has 0 spiro atoms. The third-order valence-electron chi connectivity index (χ3n) is 2.39. The zero-order valence-electron chi connectivity index (χ0n) is 9.94. The Balaban J connectivity index is 5.28. The fourth-order valence-electron chi connectivity index (χ4n) is 1.43. The molecular weight excluding hydrogens is 281 g/mol. The monoisotopic (exact) mass is 296 g/mol. The fourth-order valence-corrected chi connectivity index (χ4v) is 5.36. The molecule has 90 valence electrons. The van der Waals surface area contributed by atoms with Gasteiger partial charge in [0, 0.05) is 16.5 Å². The zero-order chi connectivity index (χ0) is 13.2. The van der Waals surface area contributed by atoms with Crippen molar-refractivity contribution in [3.63, 3.8) is 0 Å². The Morgan fingerprint density at radius 1 is 0.938 bits per heavy atom. The second-order valence-corrected chi connectivity index (χ2v) is 10.5. The third kappa shape index (κ3) is 4.73. The number of alkyl halides is 3. The molecule has 16 heavy (non-hydrogen) atoms. The maximum absolute atomic E-state index is 5.86. The Labute approximate surface area is 115 Å². The van der Waals surface area contributed by atoms with Crippen molar-refractivity contribution in [1.29, 1.82) is 0 Å². The zero-order valence-corrected chi connectivity index (χ0v) is 13.1. The first-order valence-electron chi connectivity index (χ1n) is 4.76. The number of terminal acetylenes is 2. The van der Waals surface area contributed by atoms with Crippen molar-refractivity contribution in [1.82, 2.24) is 0 Å². The van der Waals surface area contributed by atoms with Crippen LogP contribution in [0.5, 0.6) is 0 Å². The lowest BCUT2D eigenvalue weighted by molar-refractivity contribution is 0.823. The fraction of sp³-hybridized carbons (Fsp3) is 0.667. The van der Waals surface area contributed by atoms with Crippen molar-refractivity contribution < 1.29 is 0 Å². The Kier molecular flexibility index (Phi) is 5.52. The van der Waals surface area contributed by atoms with Crippen LogP contribution in [0.2, 0.25) is 0 Å². The van der Waals surface area contributed by atoms with Crippen LogP contribution in [0.25, 0.3) is 0 Å². The largest absolute Gasteiger partial charge is 0.194 e. The van der Waals surface area contributed by atoms with Gasteiger partial charge in [-0.1, -0.05) is 54.6 Å². The molecular formula is C12H16Cl3P. The highest BCUT2D eigenvalue weighted by Crippen LogP contribution is 2.62. The Hall–Kier alpha value is 0.420. The van der Waals surface area contributed by atoms with Crippen LogP contribution in [0.1, 0.15) is 27.7 Å². The van der Waals surface area contributed by atoms with E-state index in [1.165, 1.54) is 0 Å². The van der Waals surface area contributed by atoms with Crippen molar-refractivity contribution >= 4 is 42.7 Å². The molecule has 0 unspecified atom stereocenters. The van der Waals surface area contributed by atoms with Crippen LogP contribution in [0.3, 0.4) is 0 Å². The number of rotatable bonds is 3. The van der Waals surface area contributed by atoms with Crippen molar-refractivity contribution in [3.05, 3.63) is 0 Å². The summed E-state index contributed by atoms with van der Waals surface area (Å²) in [6.45, 7) is 7.87. The molecule has 0 bridgehead atoms. The van der Waals surface area contributed by atoms with Gasteiger partial charge in [-0.15, -0.1) is 12.8 Å². The predicted molar refractivity (Wildman–Crippen MR) is 77.9 cm³/mol. The van der Waals surface area contributed by atoms with E-state index in [1.54, 1.807) is 0 Å². The first-order valence-corrected chi connectivity index (χ1v) is 7.42. The van der Waals surface area contributed by atoms with Gasteiger partial charge in [0.05, 0.1) is 0 Å². The summed E-state index contributed by atoms with van der Waals surface area (Å²) in [6, 6.07) is 0. The van der Waals surface area contributed by atoms with Gasteiger partial charge in [-0.25, -0.2) is 0 Å². The Morgan fingerprint density at radius 2 is 1.25 bits per heavy atom. The summed E-state index contributed by atoms with van der Waals surface area (Å²) >= 11 is 17.6. The normalized spacial score (nSPS) is 13.4. The second-order valence-electron chi connectivity index (χ2n) is 4.61. The molecule has 0 amide bonds. The van der Waals surface area contributed by atoms with Crippen molar-refractivity contribution in [2.24, 2.45) is 0 Å². The summed E-state index contributed by atoms with van der Waals surface area (Å²) in [7, 11) is -0.803. The third-order valence-corrected chi connectivity index (χ3v) is 7.10. The van der Waals surface area contributed by atoms with Gasteiger partial charge < -0.3 is 0 Å². The van der Waals surface area contributed by atoms with E-state index in [2.05, 4.69) is 11.8 Å². The van der Waals surface area contributed by atoms with Gasteiger partial charge in [0.1, 0.15) is 0 Å². The highest BCUT2D eigenvalue weighted by molar-refractivity contribution is 7.62. The topological polar surface area (TPSA) is 0 Å². The lowest BCUT2D eigenvalue weighted by atomic mass is 10.2. The molecule has 0 N–H and O–H groups in total. The SMILES string of the molecule is C#CC(C)(C)P(CC(Cl)(Cl)Cl)C(C)(C)C#C. The molecule has 0 aliphatic carbocycles. The maximum Gasteiger partial charge on any atom is 0.194 e. The summed E-state index contributed by atoms with van der Waals surface area (Å²) in [6.07, 6.45) is 11.5. The molecule has 0 saturated heterocycles. The summed E-state index contributed by atoms with van der Waals surface area (Å²) in [4.78, 5) is 0. The van der Waals surface area contributed by atoms with E-state index in [4.69, 9.17) is 47.6 Å². The molecule has 0 rings (SSSR count). The average Bonchev–Trinajstić information content (AvgIpc) is 2.12. The lowest BCUT2D eigenvalue weighted by Crippen LogP contribution is -2.32. The van der Waals surface area contributed by atoms with Gasteiger partial charge in [-0.05, 0) is 27.7 Å². The maximum atomic E-state index is 5.86. The molecule has 0 fully saturated rings. The van der Waals surface area contributed by atoms with E-state index in [1.807, 2.05) is 27.7 Å². The molecule has 0 aliphatic rings. The van der Waals surface area contributed by atoms with Gasteiger partial charge in [-0.3, -0.25) is 0 Å². The lowest BCUT2D eigenvalue weighted by Gasteiger charge is -2.41. The van der Waals surface area contributed by atoms with E-state index < -0.39 is 11.7 Å². The standard InChI is InChI=1S/C12H16Cl3P/c1-7-10(3,4)16(9-12(13,14)15)11(5,6)8-2/h1-2H,9H2,3-6H3. The summed E-state index contributed by atoms with van der Waals surface area (Å²) < 4.78 is -1.31. The van der Waals surface area contributed by atoms with Crippen LogP contribution in [-0.2, 0) is 0 Å². The van der Waals surface area contributed by atoms with Gasteiger partial charge in [0.25, 0.3) is 0 Å². The highest BCUT2D eigenvalue weighted by Gasteiger charge is 2.42. The Morgan fingerprint density at radius 3 is 1.44 bits per heavy atom. The Bertz CT molecular complexity index is 300. The molecule has 4 heteroatoms. The van der Waals surface area contributed by atoms with Crippen LogP contribution in [0.15, 0.2) is 0 Å². The van der Waals surface area contributed by atoms with Gasteiger partial charge >= 0.3 is 0 Å². The van der Waals surface area contributed by atoms with E-state index in [0.29, 0.717) is 6.16 Å². The summed E-state index contributed by atoms with van der Waals surface area (Å²) in [5, 5.41) is -0.704. The van der Waals surface area contributed by atoms with E-state index >= 15 is 0 Å². The molecule has 0 heterocycles. The minimum Gasteiger partial charge on any atom is -0.119 e. The first-order chi connectivity index (χ1) is 6.96. The van der Waals surface area contributed by atoms with E-state index in [-0.39, 0.29) is 10.3 Å². The van der Waals surface area contributed by atoms with Crippen LogP contribution in [0.4, 0.5) is 0 Å². The molecule has 0 nitrogen and oxygen atoms in total. The molecule has 0 aliphatic heterocycles. The predicted octanol–water partition coefficient (Wildman–Crippen LogP) is 4.66. The average molecular weight is 298 g/mol. The smallest absolute Gasteiger partial charge is 0.119 e. The van der Waals surface area contributed by atoms with Gasteiger partial charge in [0.15, 0.2) is 3.79 Å². The van der Waals surface area contributed by atoms with Crippen molar-refractivity contribution in [3.8, 4) is 24.7 Å². The minimum absolute atomic E-state index is 0.352. The molecule has 0 saturated carbocycles. The first kappa shape index (κ1) is 16.4. The van der Waals surface area contributed by atoms with E-state index in [0.717, 1.165) is 0 Å². The molecule has 0 atom stereocenters. The quantitative estimate of drug-likeness (QED) is 0.404. The van der Waals surface area contributed by atoms with Crippen LogP contribution in [-0.4, -0.2) is 20.3 Å². The molecule has 0 aromatic carbocycles. The van der Waals surface area contributed by atoms with Gasteiger partial charge in [-0.2, -0.15) is 0 Å². The molecule has 0 aromatic heterocycles. The van der Waals surface area contributed by atoms with Crippen LogP contribution < -0.4 is 0 Å². The van der Waals surface area contributed by atoms with E-state index in [9.17, 15) is 0 Å². The molecule has 0 aromatic rings. The number of halogens is 3. The van der Waals surface area contributed by atoms with Crippen LogP contribution in [0, 0.1) is 24.7 Å². The number of hydrogen-bond donors (Lipinski definition) is 0.